The maximum Gasteiger partial charge on any atom is 0.308 e. The Hall–Kier alpha value is -1.86. The van der Waals surface area contributed by atoms with Gasteiger partial charge in [0.15, 0.2) is 0 Å². The highest BCUT2D eigenvalue weighted by Crippen LogP contribution is 2.24. The van der Waals surface area contributed by atoms with E-state index in [9.17, 15) is 4.79 Å². The number of hydrogen-bond acceptors (Lipinski definition) is 3. The monoisotopic (exact) mass is 244 g/mol. The van der Waals surface area contributed by atoms with E-state index in [1.165, 1.54) is 0 Å². The lowest BCUT2D eigenvalue weighted by atomic mass is 9.99. The lowest BCUT2D eigenvalue weighted by Crippen LogP contribution is -2.23. The van der Waals surface area contributed by atoms with Crippen molar-refractivity contribution in [2.75, 3.05) is 13.1 Å². The van der Waals surface area contributed by atoms with E-state index in [0.29, 0.717) is 18.7 Å². The molecule has 0 spiro atoms. The van der Waals surface area contributed by atoms with Crippen molar-refractivity contribution >= 4 is 5.97 Å². The molecule has 1 N–H and O–H groups in total. The summed E-state index contributed by atoms with van der Waals surface area (Å²) < 4.78 is 0. The van der Waals surface area contributed by atoms with Crippen LogP contribution in [0.2, 0.25) is 0 Å². The van der Waals surface area contributed by atoms with Crippen molar-refractivity contribution in [3.05, 3.63) is 35.4 Å². The molecule has 0 aliphatic carbocycles. The Morgan fingerprint density at radius 3 is 2.94 bits per heavy atom. The smallest absolute Gasteiger partial charge is 0.308 e. The summed E-state index contributed by atoms with van der Waals surface area (Å²) >= 11 is 0. The molecule has 0 unspecified atom stereocenters. The first-order chi connectivity index (χ1) is 8.60. The van der Waals surface area contributed by atoms with Crippen molar-refractivity contribution in [2.24, 2.45) is 11.8 Å². The van der Waals surface area contributed by atoms with Gasteiger partial charge in [-0.15, -0.1) is 0 Å². The molecule has 1 aromatic carbocycles. The number of nitrogens with zero attached hydrogens (tertiary/aromatic N) is 2. The molecule has 1 aromatic rings. The first-order valence-electron chi connectivity index (χ1n) is 6.04. The Kier molecular flexibility index (Phi) is 3.63. The van der Waals surface area contributed by atoms with E-state index in [1.54, 1.807) is 6.07 Å². The van der Waals surface area contributed by atoms with Crippen LogP contribution in [0.4, 0.5) is 0 Å². The summed E-state index contributed by atoms with van der Waals surface area (Å²) in [7, 11) is 0. The van der Waals surface area contributed by atoms with Crippen LogP contribution in [0.1, 0.15) is 18.1 Å². The highest BCUT2D eigenvalue weighted by molar-refractivity contribution is 5.71. The minimum atomic E-state index is -0.712. The van der Waals surface area contributed by atoms with Gasteiger partial charge in [0.2, 0.25) is 0 Å². The maximum atomic E-state index is 11.0. The van der Waals surface area contributed by atoms with Gasteiger partial charge in [-0.05, 0) is 23.6 Å². The van der Waals surface area contributed by atoms with Gasteiger partial charge < -0.3 is 5.11 Å². The molecule has 0 bridgehead atoms. The predicted molar refractivity (Wildman–Crippen MR) is 66.7 cm³/mol. The average molecular weight is 244 g/mol. The second-order valence-electron chi connectivity index (χ2n) is 4.93. The number of benzene rings is 1. The van der Waals surface area contributed by atoms with Crippen LogP contribution in [0.5, 0.6) is 0 Å². The summed E-state index contributed by atoms with van der Waals surface area (Å²) in [5.74, 6) is -0.804. The molecule has 1 fully saturated rings. The zero-order chi connectivity index (χ0) is 13.1. The molecule has 2 rings (SSSR count). The molecule has 4 heteroatoms. The number of aliphatic carboxylic acids is 1. The van der Waals surface area contributed by atoms with Crippen molar-refractivity contribution < 1.29 is 9.90 Å². The van der Waals surface area contributed by atoms with E-state index in [0.717, 1.165) is 12.1 Å². The van der Waals surface area contributed by atoms with Crippen LogP contribution in [0.3, 0.4) is 0 Å². The lowest BCUT2D eigenvalue weighted by molar-refractivity contribution is -0.142. The third-order valence-corrected chi connectivity index (χ3v) is 3.47. The molecule has 94 valence electrons. The summed E-state index contributed by atoms with van der Waals surface area (Å²) in [4.78, 5) is 13.2. The normalized spacial score (nSPS) is 23.8. The van der Waals surface area contributed by atoms with Gasteiger partial charge in [0, 0.05) is 19.6 Å². The van der Waals surface area contributed by atoms with Gasteiger partial charge in [-0.1, -0.05) is 19.1 Å². The van der Waals surface area contributed by atoms with E-state index in [4.69, 9.17) is 10.4 Å². The van der Waals surface area contributed by atoms with Gasteiger partial charge in [0.05, 0.1) is 17.6 Å². The van der Waals surface area contributed by atoms with Gasteiger partial charge in [-0.25, -0.2) is 0 Å². The van der Waals surface area contributed by atoms with Gasteiger partial charge >= 0.3 is 5.97 Å². The van der Waals surface area contributed by atoms with Gasteiger partial charge in [0.1, 0.15) is 0 Å². The molecule has 0 amide bonds. The summed E-state index contributed by atoms with van der Waals surface area (Å²) in [5, 5.41) is 17.9. The molecule has 2 atom stereocenters. The van der Waals surface area contributed by atoms with E-state index in [-0.39, 0.29) is 11.8 Å². The number of hydrogen-bond donors (Lipinski definition) is 1. The molecular formula is C14H16N2O2. The third-order valence-electron chi connectivity index (χ3n) is 3.47. The fourth-order valence-electron chi connectivity index (χ4n) is 2.52. The Morgan fingerprint density at radius 2 is 2.33 bits per heavy atom. The summed E-state index contributed by atoms with van der Waals surface area (Å²) in [6, 6.07) is 9.58. The number of carbonyl (C=O) groups is 1. The Labute approximate surface area is 106 Å². The van der Waals surface area contributed by atoms with E-state index in [2.05, 4.69) is 11.0 Å². The third kappa shape index (κ3) is 2.69. The highest BCUT2D eigenvalue weighted by Gasteiger charge is 2.34. The Bertz CT molecular complexity index is 493. The summed E-state index contributed by atoms with van der Waals surface area (Å²) in [6.07, 6.45) is 0. The van der Waals surface area contributed by atoms with Crippen molar-refractivity contribution in [2.45, 2.75) is 13.5 Å². The minimum absolute atomic E-state index is 0.182. The van der Waals surface area contributed by atoms with E-state index >= 15 is 0 Å². The molecule has 18 heavy (non-hydrogen) atoms. The molecule has 1 saturated heterocycles. The quantitative estimate of drug-likeness (QED) is 0.879. The number of carboxylic acid groups (broad SMARTS) is 1. The molecular weight excluding hydrogens is 228 g/mol. The van der Waals surface area contributed by atoms with Gasteiger partial charge in [-0.2, -0.15) is 5.26 Å². The van der Waals surface area contributed by atoms with Crippen LogP contribution >= 0.6 is 0 Å². The summed E-state index contributed by atoms with van der Waals surface area (Å²) in [6.45, 7) is 4.08. The fourth-order valence-corrected chi connectivity index (χ4v) is 2.52. The van der Waals surface area contributed by atoms with Crippen molar-refractivity contribution in [1.82, 2.24) is 4.90 Å². The Balaban J connectivity index is 2.03. The van der Waals surface area contributed by atoms with Crippen LogP contribution in [0, 0.1) is 23.2 Å². The molecule has 1 aliphatic rings. The summed E-state index contributed by atoms with van der Waals surface area (Å²) in [5.41, 5.74) is 1.71. The average Bonchev–Trinajstić information content (AvgIpc) is 2.70. The molecule has 1 heterocycles. The van der Waals surface area contributed by atoms with E-state index < -0.39 is 5.97 Å². The van der Waals surface area contributed by atoms with Crippen molar-refractivity contribution in [3.8, 4) is 6.07 Å². The molecule has 4 nitrogen and oxygen atoms in total. The van der Waals surface area contributed by atoms with E-state index in [1.807, 2.05) is 25.1 Å². The van der Waals surface area contributed by atoms with Gasteiger partial charge in [0.25, 0.3) is 0 Å². The van der Waals surface area contributed by atoms with Crippen molar-refractivity contribution in [3.63, 3.8) is 0 Å². The maximum absolute atomic E-state index is 11.0. The number of rotatable bonds is 3. The van der Waals surface area contributed by atoms with Crippen LogP contribution in [-0.4, -0.2) is 29.1 Å². The second kappa shape index (κ2) is 5.19. The molecule has 1 aliphatic heterocycles. The van der Waals surface area contributed by atoms with Gasteiger partial charge in [-0.3, -0.25) is 9.69 Å². The Morgan fingerprint density at radius 1 is 1.56 bits per heavy atom. The SMILES string of the molecule is C[C@@H]1CN(Cc2cccc(C#N)c2)C[C@H]1C(=O)O. The highest BCUT2D eigenvalue weighted by atomic mass is 16.4. The number of carboxylic acids is 1. The number of likely N-dealkylation sites (tertiary alicyclic amines) is 1. The topological polar surface area (TPSA) is 64.3 Å². The lowest BCUT2D eigenvalue weighted by Gasteiger charge is -2.15. The minimum Gasteiger partial charge on any atom is -0.481 e. The molecule has 0 aromatic heterocycles. The second-order valence-corrected chi connectivity index (χ2v) is 4.93. The van der Waals surface area contributed by atoms with Crippen LogP contribution < -0.4 is 0 Å². The fraction of sp³-hybridized carbons (Fsp3) is 0.429. The van der Waals surface area contributed by atoms with Crippen molar-refractivity contribution in [1.29, 1.82) is 5.26 Å². The predicted octanol–water partition coefficient (Wildman–Crippen LogP) is 1.71. The van der Waals surface area contributed by atoms with Crippen LogP contribution in [-0.2, 0) is 11.3 Å². The first-order valence-corrected chi connectivity index (χ1v) is 6.04. The molecule has 0 saturated carbocycles. The zero-order valence-corrected chi connectivity index (χ0v) is 10.3. The van der Waals surface area contributed by atoms with Crippen LogP contribution in [0.15, 0.2) is 24.3 Å². The molecule has 0 radical (unpaired) electrons. The zero-order valence-electron chi connectivity index (χ0n) is 10.3. The first kappa shape index (κ1) is 12.6. The standard InChI is InChI=1S/C14H16N2O2/c1-10-7-16(9-13(10)14(17)18)8-12-4-2-3-11(5-12)6-15/h2-5,10,13H,7-9H2,1H3,(H,17,18)/t10-,13-/m1/s1. The largest absolute Gasteiger partial charge is 0.481 e. The van der Waals surface area contributed by atoms with Crippen LogP contribution in [0.25, 0.3) is 0 Å². The number of nitriles is 1.